The van der Waals surface area contributed by atoms with Crippen molar-refractivity contribution >= 4 is 27.3 Å². The van der Waals surface area contributed by atoms with Gasteiger partial charge in [-0.15, -0.1) is 11.3 Å². The summed E-state index contributed by atoms with van der Waals surface area (Å²) in [4.78, 5) is 8.24. The van der Waals surface area contributed by atoms with Crippen molar-refractivity contribution in [2.45, 2.75) is 32.6 Å². The molecule has 1 aromatic heterocycles. The van der Waals surface area contributed by atoms with Gasteiger partial charge in [-0.3, -0.25) is 4.99 Å². The molecule has 1 heterocycles. The van der Waals surface area contributed by atoms with Gasteiger partial charge in [-0.25, -0.2) is 13.1 Å². The third-order valence-corrected chi connectivity index (χ3v) is 5.73. The van der Waals surface area contributed by atoms with E-state index in [1.54, 1.807) is 6.07 Å². The number of thiophene rings is 1. The summed E-state index contributed by atoms with van der Waals surface area (Å²) in [7, 11) is -3.46. The molecule has 0 aliphatic rings. The van der Waals surface area contributed by atoms with Crippen molar-refractivity contribution in [3.8, 4) is 0 Å². The van der Waals surface area contributed by atoms with Crippen LogP contribution in [0.15, 0.2) is 16.0 Å². The van der Waals surface area contributed by atoms with E-state index in [0.717, 1.165) is 22.8 Å². The van der Waals surface area contributed by atoms with E-state index in [2.05, 4.69) is 9.71 Å². The normalized spacial score (nSPS) is 12.7. The average molecular weight is 332 g/mol. The maximum absolute atomic E-state index is 12.2. The van der Waals surface area contributed by atoms with Gasteiger partial charge in [0.15, 0.2) is 5.96 Å². The van der Waals surface area contributed by atoms with Gasteiger partial charge in [0.05, 0.1) is 11.4 Å². The lowest BCUT2D eigenvalue weighted by Gasteiger charge is -2.19. The predicted octanol–water partition coefficient (Wildman–Crippen LogP) is 1.30. The minimum Gasteiger partial charge on any atom is -0.370 e. The topological polar surface area (TPSA) is 87.8 Å². The highest BCUT2D eigenvalue weighted by Crippen LogP contribution is 2.24. The van der Waals surface area contributed by atoms with Gasteiger partial charge in [-0.05, 0) is 33.8 Å². The summed E-state index contributed by atoms with van der Waals surface area (Å²) in [5.41, 5.74) is 5.83. The molecule has 0 saturated heterocycles. The molecule has 0 radical (unpaired) electrons. The average Bonchev–Trinajstić information content (AvgIpc) is 2.76. The van der Waals surface area contributed by atoms with E-state index >= 15 is 0 Å². The highest BCUT2D eigenvalue weighted by atomic mass is 32.2. The summed E-state index contributed by atoms with van der Waals surface area (Å²) in [6.07, 6.45) is 0. The Morgan fingerprint density at radius 3 is 2.48 bits per heavy atom. The summed E-state index contributed by atoms with van der Waals surface area (Å²) in [6, 6.07) is 1.69. The van der Waals surface area contributed by atoms with Crippen LogP contribution in [0.1, 0.15) is 23.6 Å². The van der Waals surface area contributed by atoms with Gasteiger partial charge in [0.2, 0.25) is 10.0 Å². The van der Waals surface area contributed by atoms with Crippen LogP contribution in [0.3, 0.4) is 0 Å². The van der Waals surface area contributed by atoms with Crippen molar-refractivity contribution in [3.05, 3.63) is 15.8 Å². The van der Waals surface area contributed by atoms with E-state index in [4.69, 9.17) is 5.73 Å². The van der Waals surface area contributed by atoms with Crippen LogP contribution in [0.2, 0.25) is 0 Å². The molecule has 0 aliphatic carbocycles. The predicted molar refractivity (Wildman–Crippen MR) is 88.4 cm³/mol. The van der Waals surface area contributed by atoms with Gasteiger partial charge in [0.25, 0.3) is 0 Å². The number of nitrogens with one attached hydrogen (secondary N) is 1. The second-order valence-electron chi connectivity index (χ2n) is 4.59. The van der Waals surface area contributed by atoms with Gasteiger partial charge in [-0.1, -0.05) is 0 Å². The Bertz CT molecular complexity index is 589. The molecular weight excluding hydrogens is 308 g/mol. The van der Waals surface area contributed by atoms with E-state index in [1.165, 1.54) is 11.3 Å². The molecule has 6 nitrogen and oxygen atoms in total. The lowest BCUT2D eigenvalue weighted by molar-refractivity contribution is 0.458. The van der Waals surface area contributed by atoms with Crippen LogP contribution < -0.4 is 10.5 Å². The van der Waals surface area contributed by atoms with Crippen molar-refractivity contribution < 1.29 is 8.42 Å². The molecule has 3 N–H and O–H groups in total. The van der Waals surface area contributed by atoms with Crippen molar-refractivity contribution in [1.82, 2.24) is 9.62 Å². The highest BCUT2D eigenvalue weighted by molar-refractivity contribution is 7.89. The Kier molecular flexibility index (Phi) is 6.63. The number of nitrogens with two attached hydrogens (primary N) is 1. The zero-order valence-corrected chi connectivity index (χ0v) is 14.6. The first-order valence-electron chi connectivity index (χ1n) is 6.93. The van der Waals surface area contributed by atoms with Gasteiger partial charge in [0, 0.05) is 29.4 Å². The third-order valence-electron chi connectivity index (χ3n) is 3.05. The van der Waals surface area contributed by atoms with Gasteiger partial charge in [0.1, 0.15) is 0 Å². The Labute approximate surface area is 131 Å². The molecule has 0 atom stereocenters. The fourth-order valence-corrected chi connectivity index (χ4v) is 4.52. The molecule has 0 fully saturated rings. The number of hydrogen-bond acceptors (Lipinski definition) is 4. The molecule has 0 aromatic carbocycles. The Morgan fingerprint density at radius 1 is 1.38 bits per heavy atom. The minimum absolute atomic E-state index is 0.235. The van der Waals surface area contributed by atoms with Crippen LogP contribution in [-0.2, 0) is 10.0 Å². The van der Waals surface area contributed by atoms with Crippen LogP contribution in [0, 0.1) is 13.8 Å². The number of sulfonamides is 1. The number of aliphatic imine (C=N–C) groups is 1. The van der Waals surface area contributed by atoms with Crippen LogP contribution in [0.5, 0.6) is 0 Å². The maximum atomic E-state index is 12.2. The van der Waals surface area contributed by atoms with E-state index < -0.39 is 10.0 Å². The SMILES string of the molecule is CCN(CC)C(N)=NCCNS(=O)(=O)c1cc(C)sc1C. The summed E-state index contributed by atoms with van der Waals surface area (Å²) < 4.78 is 26.9. The first kappa shape index (κ1) is 17.9. The van der Waals surface area contributed by atoms with E-state index in [1.807, 2.05) is 32.6 Å². The second kappa shape index (κ2) is 7.77. The molecule has 0 amide bonds. The van der Waals surface area contributed by atoms with Crippen LogP contribution in [0.25, 0.3) is 0 Å². The molecule has 1 rings (SSSR count). The zero-order chi connectivity index (χ0) is 16.0. The van der Waals surface area contributed by atoms with Crippen LogP contribution >= 0.6 is 11.3 Å². The number of guanidine groups is 1. The molecule has 0 saturated carbocycles. The lowest BCUT2D eigenvalue weighted by atomic mass is 10.4. The van der Waals surface area contributed by atoms with Crippen molar-refractivity contribution in [2.24, 2.45) is 10.7 Å². The smallest absolute Gasteiger partial charge is 0.241 e. The number of aryl methyl sites for hydroxylation is 2. The first-order chi connectivity index (χ1) is 9.81. The van der Waals surface area contributed by atoms with Gasteiger partial charge in [-0.2, -0.15) is 0 Å². The van der Waals surface area contributed by atoms with Gasteiger partial charge < -0.3 is 10.6 Å². The van der Waals surface area contributed by atoms with E-state index in [0.29, 0.717) is 17.4 Å². The van der Waals surface area contributed by atoms with Crippen LogP contribution in [-0.4, -0.2) is 45.5 Å². The maximum Gasteiger partial charge on any atom is 0.241 e. The largest absolute Gasteiger partial charge is 0.370 e. The number of hydrogen-bond donors (Lipinski definition) is 2. The number of rotatable bonds is 7. The summed E-state index contributed by atoms with van der Waals surface area (Å²) in [6.45, 7) is 9.82. The molecule has 0 spiro atoms. The minimum atomic E-state index is -3.46. The fourth-order valence-electron chi connectivity index (χ4n) is 1.95. The third kappa shape index (κ3) is 4.98. The molecule has 8 heteroatoms. The van der Waals surface area contributed by atoms with Gasteiger partial charge >= 0.3 is 0 Å². The summed E-state index contributed by atoms with van der Waals surface area (Å²) in [5.74, 6) is 0.446. The molecule has 1 aromatic rings. The molecule has 0 unspecified atom stereocenters. The Hall–Kier alpha value is -1.12. The molecule has 21 heavy (non-hydrogen) atoms. The van der Waals surface area contributed by atoms with E-state index in [9.17, 15) is 8.42 Å². The first-order valence-corrected chi connectivity index (χ1v) is 9.23. The van der Waals surface area contributed by atoms with Crippen molar-refractivity contribution in [3.63, 3.8) is 0 Å². The highest BCUT2D eigenvalue weighted by Gasteiger charge is 2.18. The van der Waals surface area contributed by atoms with E-state index in [-0.39, 0.29) is 6.54 Å². The molecule has 0 aliphatic heterocycles. The fraction of sp³-hybridized carbons (Fsp3) is 0.615. The van der Waals surface area contributed by atoms with Crippen molar-refractivity contribution in [2.75, 3.05) is 26.2 Å². The Balaban J connectivity index is 2.60. The molecular formula is C13H24N4O2S2. The second-order valence-corrected chi connectivity index (χ2v) is 7.78. The Morgan fingerprint density at radius 2 is 2.00 bits per heavy atom. The number of nitrogens with zero attached hydrogens (tertiary/aromatic N) is 2. The van der Waals surface area contributed by atoms with Crippen molar-refractivity contribution in [1.29, 1.82) is 0 Å². The quantitative estimate of drug-likeness (QED) is 0.447. The molecule has 120 valence electrons. The summed E-state index contributed by atoms with van der Waals surface area (Å²) >= 11 is 1.48. The monoisotopic (exact) mass is 332 g/mol. The van der Waals surface area contributed by atoms with Crippen LogP contribution in [0.4, 0.5) is 0 Å². The standard InChI is InChI=1S/C13H24N4O2S2/c1-5-17(6-2)13(14)15-7-8-16-21(18,19)12-9-10(3)20-11(12)4/h9,16H,5-8H2,1-4H3,(H2,14,15). The summed E-state index contributed by atoms with van der Waals surface area (Å²) in [5, 5.41) is 0. The lowest BCUT2D eigenvalue weighted by Crippen LogP contribution is -2.37. The molecule has 0 bridgehead atoms. The zero-order valence-electron chi connectivity index (χ0n) is 13.0.